The number of aliphatic carboxylic acids is 1. The molecule has 0 aliphatic heterocycles. The normalized spacial score (nSPS) is 12.8. The lowest BCUT2D eigenvalue weighted by Gasteiger charge is -2.25. The fraction of sp³-hybridized carbons (Fsp3) is 0.500. The number of pyridine rings is 1. The molecule has 6 heteroatoms. The molecule has 0 spiro atoms. The second-order valence-electron chi connectivity index (χ2n) is 5.89. The molecule has 0 saturated carbocycles. The van der Waals surface area contributed by atoms with Crippen molar-refractivity contribution in [3.8, 4) is 0 Å². The number of nitrogens with one attached hydrogen (secondary N) is 1. The zero-order valence-electron chi connectivity index (χ0n) is 11.8. The molecular formula is C14H19FN2O3. The van der Waals surface area contributed by atoms with Crippen LogP contribution in [0.4, 0.5) is 4.39 Å². The number of rotatable bonds is 5. The molecule has 0 aliphatic carbocycles. The number of nitrogens with zero attached hydrogens (tertiary/aromatic N) is 1. The Balaban J connectivity index is 2.75. The Labute approximate surface area is 117 Å². The highest BCUT2D eigenvalue weighted by Crippen LogP contribution is 2.22. The average molecular weight is 282 g/mol. The number of carbonyl (C=O) groups excluding carboxylic acids is 1. The largest absolute Gasteiger partial charge is 0.481 e. The van der Waals surface area contributed by atoms with Gasteiger partial charge in [-0.3, -0.25) is 9.59 Å². The Morgan fingerprint density at radius 2 is 2.05 bits per heavy atom. The first-order chi connectivity index (χ1) is 9.17. The summed E-state index contributed by atoms with van der Waals surface area (Å²) in [6.45, 7) is 5.89. The van der Waals surface area contributed by atoms with Crippen LogP contribution in [0.25, 0.3) is 0 Å². The average Bonchev–Trinajstić information content (AvgIpc) is 2.26. The molecule has 2 N–H and O–H groups in total. The predicted molar refractivity (Wildman–Crippen MR) is 71.8 cm³/mol. The van der Waals surface area contributed by atoms with E-state index in [1.165, 1.54) is 6.07 Å². The van der Waals surface area contributed by atoms with Crippen molar-refractivity contribution in [1.82, 2.24) is 10.3 Å². The Morgan fingerprint density at radius 1 is 1.40 bits per heavy atom. The lowest BCUT2D eigenvalue weighted by molar-refractivity contribution is -0.137. The van der Waals surface area contributed by atoms with Gasteiger partial charge in [0.2, 0.25) is 0 Å². The number of aromatic nitrogens is 1. The van der Waals surface area contributed by atoms with E-state index in [-0.39, 0.29) is 17.5 Å². The van der Waals surface area contributed by atoms with Gasteiger partial charge in [-0.1, -0.05) is 20.8 Å². The first-order valence-electron chi connectivity index (χ1n) is 6.31. The van der Waals surface area contributed by atoms with Gasteiger partial charge in [0.1, 0.15) is 11.5 Å². The number of hydrogen-bond donors (Lipinski definition) is 2. The fourth-order valence-corrected chi connectivity index (χ4v) is 1.89. The summed E-state index contributed by atoms with van der Waals surface area (Å²) >= 11 is 0. The lowest BCUT2D eigenvalue weighted by Crippen LogP contribution is -2.39. The van der Waals surface area contributed by atoms with Crippen molar-refractivity contribution >= 4 is 11.9 Å². The summed E-state index contributed by atoms with van der Waals surface area (Å²) in [4.78, 5) is 26.5. The van der Waals surface area contributed by atoms with E-state index < -0.39 is 23.7 Å². The molecule has 0 radical (unpaired) electrons. The third kappa shape index (κ3) is 5.77. The van der Waals surface area contributed by atoms with Crippen LogP contribution in [0.3, 0.4) is 0 Å². The van der Waals surface area contributed by atoms with Crippen LogP contribution in [0.1, 0.15) is 44.1 Å². The summed E-state index contributed by atoms with van der Waals surface area (Å²) in [5.41, 5.74) is -0.0559. The Hall–Kier alpha value is -1.98. The second-order valence-corrected chi connectivity index (χ2v) is 5.89. The van der Waals surface area contributed by atoms with Gasteiger partial charge in [0.15, 0.2) is 0 Å². The molecule has 0 saturated heterocycles. The summed E-state index contributed by atoms with van der Waals surface area (Å²) in [7, 11) is 0. The summed E-state index contributed by atoms with van der Waals surface area (Å²) in [6.07, 6.45) is 1.31. The SMILES string of the molecule is CC(C)(C)CC(CC(=O)O)NC(=O)c1ccc(F)cn1. The zero-order valence-corrected chi connectivity index (χ0v) is 11.8. The van der Waals surface area contributed by atoms with Crippen LogP contribution in [0.5, 0.6) is 0 Å². The quantitative estimate of drug-likeness (QED) is 0.868. The second kappa shape index (κ2) is 6.45. The number of carboxylic acid groups (broad SMARTS) is 1. The Morgan fingerprint density at radius 3 is 2.50 bits per heavy atom. The number of carboxylic acids is 1. The van der Waals surface area contributed by atoms with Crippen molar-refractivity contribution in [3.63, 3.8) is 0 Å². The predicted octanol–water partition coefficient (Wildman–Crippen LogP) is 2.23. The summed E-state index contributed by atoms with van der Waals surface area (Å²) in [6, 6.07) is 1.91. The zero-order chi connectivity index (χ0) is 15.3. The minimum atomic E-state index is -0.980. The van der Waals surface area contributed by atoms with E-state index in [4.69, 9.17) is 5.11 Å². The highest BCUT2D eigenvalue weighted by atomic mass is 19.1. The van der Waals surface area contributed by atoms with Crippen LogP contribution in [0.15, 0.2) is 18.3 Å². The van der Waals surface area contributed by atoms with Gasteiger partial charge >= 0.3 is 5.97 Å². The molecular weight excluding hydrogens is 263 g/mol. The van der Waals surface area contributed by atoms with E-state index >= 15 is 0 Å². The molecule has 1 atom stereocenters. The molecule has 1 aromatic heterocycles. The maximum absolute atomic E-state index is 12.7. The first-order valence-corrected chi connectivity index (χ1v) is 6.31. The van der Waals surface area contributed by atoms with Crippen LogP contribution >= 0.6 is 0 Å². The molecule has 1 unspecified atom stereocenters. The number of carbonyl (C=O) groups is 2. The number of halogens is 1. The fourth-order valence-electron chi connectivity index (χ4n) is 1.89. The van der Waals surface area contributed by atoms with Crippen molar-refractivity contribution in [2.24, 2.45) is 5.41 Å². The summed E-state index contributed by atoms with van der Waals surface area (Å²) < 4.78 is 12.7. The van der Waals surface area contributed by atoms with Crippen molar-refractivity contribution in [3.05, 3.63) is 29.8 Å². The van der Waals surface area contributed by atoms with Crippen molar-refractivity contribution in [2.75, 3.05) is 0 Å². The van der Waals surface area contributed by atoms with Gasteiger partial charge in [-0.2, -0.15) is 0 Å². The Kier molecular flexibility index (Phi) is 5.19. The number of hydrogen-bond acceptors (Lipinski definition) is 3. The molecule has 1 heterocycles. The molecule has 20 heavy (non-hydrogen) atoms. The molecule has 0 aromatic carbocycles. The van der Waals surface area contributed by atoms with Crippen LogP contribution in [-0.2, 0) is 4.79 Å². The highest BCUT2D eigenvalue weighted by molar-refractivity contribution is 5.92. The van der Waals surface area contributed by atoms with Crippen molar-refractivity contribution in [2.45, 2.75) is 39.7 Å². The molecule has 110 valence electrons. The third-order valence-corrected chi connectivity index (χ3v) is 2.58. The summed E-state index contributed by atoms with van der Waals surface area (Å²) in [5.74, 6) is -2.01. The molecule has 1 amide bonds. The topological polar surface area (TPSA) is 79.3 Å². The molecule has 0 fully saturated rings. The van der Waals surface area contributed by atoms with Crippen LogP contribution in [0.2, 0.25) is 0 Å². The summed E-state index contributed by atoms with van der Waals surface area (Å²) in [5, 5.41) is 11.5. The monoisotopic (exact) mass is 282 g/mol. The van der Waals surface area contributed by atoms with Gasteiger partial charge in [-0.05, 0) is 24.0 Å². The Bertz CT molecular complexity index is 480. The minimum Gasteiger partial charge on any atom is -0.481 e. The molecule has 1 rings (SSSR count). The smallest absolute Gasteiger partial charge is 0.305 e. The molecule has 1 aromatic rings. The molecule has 0 bridgehead atoms. The minimum absolute atomic E-state index is 0.0655. The van der Waals surface area contributed by atoms with Crippen LogP contribution < -0.4 is 5.32 Å². The van der Waals surface area contributed by atoms with Crippen LogP contribution in [-0.4, -0.2) is 28.0 Å². The van der Waals surface area contributed by atoms with E-state index in [0.29, 0.717) is 6.42 Å². The first kappa shape index (κ1) is 16.1. The maximum Gasteiger partial charge on any atom is 0.305 e. The van der Waals surface area contributed by atoms with E-state index in [1.54, 1.807) is 0 Å². The van der Waals surface area contributed by atoms with Crippen LogP contribution in [0, 0.1) is 11.2 Å². The highest BCUT2D eigenvalue weighted by Gasteiger charge is 2.23. The van der Waals surface area contributed by atoms with Crippen molar-refractivity contribution < 1.29 is 19.1 Å². The number of amides is 1. The van der Waals surface area contributed by atoms with E-state index in [9.17, 15) is 14.0 Å². The van der Waals surface area contributed by atoms with Crippen molar-refractivity contribution in [1.29, 1.82) is 0 Å². The molecule has 0 aliphatic rings. The van der Waals surface area contributed by atoms with Gasteiger partial charge in [0, 0.05) is 6.04 Å². The standard InChI is InChI=1S/C14H19FN2O3/c1-14(2,3)7-10(6-12(18)19)17-13(20)11-5-4-9(15)8-16-11/h4-5,8,10H,6-7H2,1-3H3,(H,17,20)(H,18,19). The molecule has 5 nitrogen and oxygen atoms in total. The van der Waals surface area contributed by atoms with E-state index in [1.807, 2.05) is 20.8 Å². The van der Waals surface area contributed by atoms with Gasteiger partial charge in [-0.15, -0.1) is 0 Å². The van der Waals surface area contributed by atoms with Gasteiger partial charge < -0.3 is 10.4 Å². The van der Waals surface area contributed by atoms with Gasteiger partial charge in [0.05, 0.1) is 12.6 Å². The third-order valence-electron chi connectivity index (χ3n) is 2.58. The maximum atomic E-state index is 12.7. The van der Waals surface area contributed by atoms with E-state index in [0.717, 1.165) is 12.3 Å². The van der Waals surface area contributed by atoms with Gasteiger partial charge in [0.25, 0.3) is 5.91 Å². The lowest BCUT2D eigenvalue weighted by atomic mass is 9.87. The van der Waals surface area contributed by atoms with E-state index in [2.05, 4.69) is 10.3 Å². The van der Waals surface area contributed by atoms with Gasteiger partial charge in [-0.25, -0.2) is 9.37 Å².